The molecule has 0 saturated carbocycles. The second kappa shape index (κ2) is 12.3. The number of carbonyl (C=O) groups is 2. The van der Waals surface area contributed by atoms with E-state index < -0.39 is 0 Å². The molecule has 8 nitrogen and oxygen atoms in total. The number of hydrogen-bond acceptors (Lipinski definition) is 8. The van der Waals surface area contributed by atoms with E-state index >= 15 is 0 Å². The number of benzene rings is 1. The van der Waals surface area contributed by atoms with Gasteiger partial charge in [-0.25, -0.2) is 9.97 Å². The summed E-state index contributed by atoms with van der Waals surface area (Å²) in [5.41, 5.74) is 1.92. The number of hydrogen-bond donors (Lipinski definition) is 1. The summed E-state index contributed by atoms with van der Waals surface area (Å²) >= 11 is 3.08. The van der Waals surface area contributed by atoms with Gasteiger partial charge in [0.25, 0.3) is 0 Å². The number of likely N-dealkylation sites (tertiary alicyclic amines) is 1. The summed E-state index contributed by atoms with van der Waals surface area (Å²) in [5, 5.41) is 3.63. The Balaban J connectivity index is 1.23. The Morgan fingerprint density at radius 3 is 2.71 bits per heavy atom. The highest BCUT2D eigenvalue weighted by atomic mass is 32.2. The minimum atomic E-state index is -0.135. The first-order valence-electron chi connectivity index (χ1n) is 12.7. The van der Waals surface area contributed by atoms with E-state index in [1.807, 2.05) is 18.2 Å². The molecular formula is C28H35N5O3S2. The molecular weight excluding hydrogens is 518 g/mol. The summed E-state index contributed by atoms with van der Waals surface area (Å²) < 4.78 is 6.86. The number of piperidine rings is 1. The average Bonchev–Trinajstić information content (AvgIpc) is 3.57. The summed E-state index contributed by atoms with van der Waals surface area (Å²) in [6, 6.07) is 7.98. The van der Waals surface area contributed by atoms with Gasteiger partial charge in [0.2, 0.25) is 17.7 Å². The van der Waals surface area contributed by atoms with E-state index in [9.17, 15) is 9.59 Å². The monoisotopic (exact) mass is 553 g/mol. The third-order valence-corrected chi connectivity index (χ3v) is 8.61. The first kappa shape index (κ1) is 28.1. The maximum atomic E-state index is 12.9. The molecule has 2 amide bonds. The van der Waals surface area contributed by atoms with E-state index in [0.717, 1.165) is 53.7 Å². The number of thiazole rings is 1. The van der Waals surface area contributed by atoms with Crippen molar-refractivity contribution < 1.29 is 14.0 Å². The van der Waals surface area contributed by atoms with Crippen molar-refractivity contribution in [2.75, 3.05) is 30.4 Å². The van der Waals surface area contributed by atoms with Crippen LogP contribution >= 0.6 is 23.1 Å². The van der Waals surface area contributed by atoms with Crippen LogP contribution in [0.3, 0.4) is 0 Å². The average molecular weight is 554 g/mol. The van der Waals surface area contributed by atoms with E-state index in [1.165, 1.54) is 17.4 Å². The molecule has 1 N–H and O–H groups in total. The van der Waals surface area contributed by atoms with Gasteiger partial charge in [-0.05, 0) is 49.7 Å². The predicted octanol–water partition coefficient (Wildman–Crippen LogP) is 5.72. The lowest BCUT2D eigenvalue weighted by molar-refractivity contribution is -0.121. The van der Waals surface area contributed by atoms with Gasteiger partial charge in [0, 0.05) is 30.6 Å². The highest BCUT2D eigenvalue weighted by Gasteiger charge is 2.26. The Kier molecular flexibility index (Phi) is 9.07. The van der Waals surface area contributed by atoms with Crippen molar-refractivity contribution in [3.63, 3.8) is 0 Å². The number of anilines is 2. The quantitative estimate of drug-likeness (QED) is 0.268. The number of nitrogens with zero attached hydrogens (tertiary/aromatic N) is 4. The van der Waals surface area contributed by atoms with E-state index in [4.69, 9.17) is 4.42 Å². The standard InChI is InChI=1S/C28H35N5O3S2/c1-6-24(34)32(5)21-9-7-8-19(14-21)17-33-12-10-20(11-13-33)26(35)31-27-30-16-25(38-27)37-18-23-29-15-22(36-23)28(2,3)4/h6-9,14-16,20H,1,10-13,17-18H2,2-5H3,(H,30,31,35). The number of nitrogens with one attached hydrogen (secondary N) is 1. The lowest BCUT2D eigenvalue weighted by atomic mass is 9.94. The van der Waals surface area contributed by atoms with Gasteiger partial charge in [0.05, 0.1) is 22.4 Å². The summed E-state index contributed by atoms with van der Waals surface area (Å²) in [7, 11) is 1.75. The summed E-state index contributed by atoms with van der Waals surface area (Å²) in [6.45, 7) is 12.3. The molecule has 0 radical (unpaired) electrons. The van der Waals surface area contributed by atoms with Crippen LogP contribution in [0, 0.1) is 5.92 Å². The molecule has 0 atom stereocenters. The summed E-state index contributed by atoms with van der Waals surface area (Å²) in [5.74, 6) is 2.05. The summed E-state index contributed by atoms with van der Waals surface area (Å²) in [6.07, 6.45) is 6.49. The molecule has 1 aromatic carbocycles. The molecule has 2 aromatic heterocycles. The molecule has 1 fully saturated rings. The van der Waals surface area contributed by atoms with Crippen LogP contribution in [0.5, 0.6) is 0 Å². The van der Waals surface area contributed by atoms with Crippen molar-refractivity contribution in [1.82, 2.24) is 14.9 Å². The number of rotatable bonds is 9. The number of oxazole rings is 1. The zero-order valence-corrected chi connectivity index (χ0v) is 24.0. The number of amides is 2. The van der Waals surface area contributed by atoms with Gasteiger partial charge in [-0.3, -0.25) is 14.5 Å². The SMILES string of the molecule is C=CC(=O)N(C)c1cccc(CN2CCC(C(=O)Nc3ncc(SCc4ncc(C(C)(C)C)o4)s3)CC2)c1. The molecule has 202 valence electrons. The van der Waals surface area contributed by atoms with Gasteiger partial charge in [0.15, 0.2) is 5.13 Å². The molecule has 1 aliphatic rings. The minimum absolute atomic E-state index is 0.0305. The molecule has 1 aliphatic heterocycles. The number of likely N-dealkylation sites (N-methyl/N-ethyl adjacent to an activating group) is 1. The predicted molar refractivity (Wildman–Crippen MR) is 154 cm³/mol. The van der Waals surface area contributed by atoms with Crippen LogP contribution in [0.2, 0.25) is 0 Å². The van der Waals surface area contributed by atoms with Crippen molar-refractivity contribution in [3.8, 4) is 0 Å². The summed E-state index contributed by atoms with van der Waals surface area (Å²) in [4.78, 5) is 37.5. The Morgan fingerprint density at radius 1 is 1.26 bits per heavy atom. The molecule has 0 spiro atoms. The zero-order chi connectivity index (χ0) is 27.3. The molecule has 0 aliphatic carbocycles. The molecule has 0 unspecified atom stereocenters. The van der Waals surface area contributed by atoms with Gasteiger partial charge in [-0.15, -0.1) is 11.8 Å². The van der Waals surface area contributed by atoms with Gasteiger partial charge < -0.3 is 14.6 Å². The fraction of sp³-hybridized carbons (Fsp3) is 0.429. The van der Waals surface area contributed by atoms with Crippen molar-refractivity contribution in [2.45, 2.75) is 55.5 Å². The lowest BCUT2D eigenvalue weighted by Gasteiger charge is -2.31. The van der Waals surface area contributed by atoms with E-state index in [1.54, 1.807) is 36.1 Å². The number of aromatic nitrogens is 2. The molecule has 0 bridgehead atoms. The number of carbonyl (C=O) groups excluding carboxylic acids is 2. The zero-order valence-electron chi connectivity index (χ0n) is 22.4. The Bertz CT molecular complexity index is 1270. The van der Waals surface area contributed by atoms with Crippen LogP contribution < -0.4 is 10.2 Å². The van der Waals surface area contributed by atoms with Crippen molar-refractivity contribution in [2.24, 2.45) is 5.92 Å². The Labute approximate surface area is 232 Å². The molecule has 38 heavy (non-hydrogen) atoms. The molecule has 3 heterocycles. The minimum Gasteiger partial charge on any atom is -0.444 e. The van der Waals surface area contributed by atoms with Gasteiger partial charge >= 0.3 is 0 Å². The smallest absolute Gasteiger partial charge is 0.250 e. The maximum Gasteiger partial charge on any atom is 0.250 e. The van der Waals surface area contributed by atoms with Gasteiger partial charge in [0.1, 0.15) is 5.76 Å². The van der Waals surface area contributed by atoms with Crippen LogP contribution in [-0.2, 0) is 27.3 Å². The molecule has 1 saturated heterocycles. The van der Waals surface area contributed by atoms with Crippen LogP contribution in [-0.4, -0.2) is 46.8 Å². The van der Waals surface area contributed by atoms with Gasteiger partial charge in [-0.1, -0.05) is 50.8 Å². The van der Waals surface area contributed by atoms with Crippen molar-refractivity contribution >= 4 is 45.7 Å². The molecule has 3 aromatic rings. The first-order valence-corrected chi connectivity index (χ1v) is 14.5. The highest BCUT2D eigenvalue weighted by molar-refractivity contribution is 8.00. The largest absolute Gasteiger partial charge is 0.444 e. The van der Waals surface area contributed by atoms with Crippen LogP contribution in [0.15, 0.2) is 57.9 Å². The van der Waals surface area contributed by atoms with Crippen LogP contribution in [0.1, 0.15) is 50.8 Å². The van der Waals surface area contributed by atoms with Crippen molar-refractivity contribution in [3.05, 3.63) is 66.5 Å². The third-order valence-electron chi connectivity index (χ3n) is 6.51. The van der Waals surface area contributed by atoms with Crippen LogP contribution in [0.4, 0.5) is 10.8 Å². The maximum absolute atomic E-state index is 12.9. The number of thioether (sulfide) groups is 1. The normalized spacial score (nSPS) is 14.8. The molecule has 4 rings (SSSR count). The molecule has 10 heteroatoms. The fourth-order valence-electron chi connectivity index (χ4n) is 4.19. The fourth-order valence-corrected chi connectivity index (χ4v) is 5.92. The second-order valence-corrected chi connectivity index (χ2v) is 12.8. The Hall–Kier alpha value is -2.95. The van der Waals surface area contributed by atoms with Crippen molar-refractivity contribution in [1.29, 1.82) is 0 Å². The third kappa shape index (κ3) is 7.33. The highest BCUT2D eigenvalue weighted by Crippen LogP contribution is 2.32. The van der Waals surface area contributed by atoms with E-state index in [2.05, 4.69) is 53.6 Å². The van der Waals surface area contributed by atoms with E-state index in [0.29, 0.717) is 16.8 Å². The Morgan fingerprint density at radius 2 is 2.03 bits per heavy atom. The van der Waals surface area contributed by atoms with Gasteiger partial charge in [-0.2, -0.15) is 0 Å². The first-order chi connectivity index (χ1) is 18.1. The second-order valence-electron chi connectivity index (χ2n) is 10.5. The lowest BCUT2D eigenvalue weighted by Crippen LogP contribution is -2.37. The topological polar surface area (TPSA) is 91.6 Å². The van der Waals surface area contributed by atoms with Crippen LogP contribution in [0.25, 0.3) is 0 Å². The van der Waals surface area contributed by atoms with E-state index in [-0.39, 0.29) is 23.1 Å².